The van der Waals surface area contributed by atoms with Gasteiger partial charge in [0.1, 0.15) is 0 Å². The number of hydrogen-bond acceptors (Lipinski definition) is 1. The third-order valence-corrected chi connectivity index (χ3v) is 12.3. The molecular weight excluding hydrogens is 196 g/mol. The molecule has 0 fully saturated rings. The monoisotopic (exact) mass is 218 g/mol. The van der Waals surface area contributed by atoms with Crippen molar-refractivity contribution in [1.82, 2.24) is 0 Å². The molecule has 2 nitrogen and oxygen atoms in total. The predicted molar refractivity (Wildman–Crippen MR) is 62.7 cm³/mol. The lowest BCUT2D eigenvalue weighted by Gasteiger charge is -2.37. The Morgan fingerprint density at radius 1 is 1.08 bits per heavy atom. The summed E-state index contributed by atoms with van der Waals surface area (Å²) in [6.07, 6.45) is 0.380. The summed E-state index contributed by atoms with van der Waals surface area (Å²) in [5.74, 6) is -0.630. The van der Waals surface area contributed by atoms with Crippen molar-refractivity contribution in [3.63, 3.8) is 0 Å². The maximum atomic E-state index is 10.7. The van der Waals surface area contributed by atoms with Crippen molar-refractivity contribution in [2.24, 2.45) is 0 Å². The Hall–Kier alpha value is -0.0962. The Balaban J connectivity index is 4.68. The summed E-state index contributed by atoms with van der Waals surface area (Å²) < 4.78 is 0. The Morgan fingerprint density at radius 2 is 1.38 bits per heavy atom. The second kappa shape index (κ2) is 3.96. The third-order valence-electron chi connectivity index (χ3n) is 2.47. The molecule has 0 rings (SSSR count). The van der Waals surface area contributed by atoms with E-state index < -0.39 is 22.1 Å². The molecule has 0 aliphatic rings. The first kappa shape index (κ1) is 12.9. The first-order valence-corrected chi connectivity index (χ1v) is 11.9. The Bertz CT molecular complexity index is 175. The van der Waals surface area contributed by atoms with Crippen molar-refractivity contribution in [2.45, 2.75) is 50.9 Å². The van der Waals surface area contributed by atoms with Gasteiger partial charge in [0.2, 0.25) is 0 Å². The van der Waals surface area contributed by atoms with Crippen LogP contribution in [0.15, 0.2) is 0 Å². The smallest absolute Gasteiger partial charge is 0.303 e. The minimum absolute atomic E-state index is 0.380. The number of carbonyl (C=O) groups is 1. The van der Waals surface area contributed by atoms with Crippen LogP contribution in [-0.2, 0) is 4.79 Å². The first-order chi connectivity index (χ1) is 5.55. The quantitative estimate of drug-likeness (QED) is 0.736. The van der Waals surface area contributed by atoms with E-state index in [1.165, 1.54) is 0 Å². The van der Waals surface area contributed by atoms with Crippen LogP contribution >= 0.6 is 0 Å². The van der Waals surface area contributed by atoms with E-state index in [1.54, 1.807) is 0 Å². The van der Waals surface area contributed by atoms with Gasteiger partial charge in [0.25, 0.3) is 0 Å². The van der Waals surface area contributed by atoms with Crippen LogP contribution < -0.4 is 0 Å². The molecule has 13 heavy (non-hydrogen) atoms. The van der Waals surface area contributed by atoms with E-state index in [2.05, 4.69) is 39.3 Å². The molecule has 0 saturated carbocycles. The standard InChI is InChI=1S/C9H22O2Si2/c1-12(2,3)9(7-8(10)11)13(4,5)6/h9H,7H2,1-6H3,(H,10,11). The largest absolute Gasteiger partial charge is 0.481 e. The van der Waals surface area contributed by atoms with E-state index in [9.17, 15) is 4.79 Å². The molecule has 0 aliphatic carbocycles. The van der Waals surface area contributed by atoms with Crippen LogP contribution in [0, 0.1) is 0 Å². The molecule has 4 heteroatoms. The first-order valence-electron chi connectivity index (χ1n) is 4.77. The molecule has 0 amide bonds. The van der Waals surface area contributed by atoms with Gasteiger partial charge in [-0.3, -0.25) is 4.79 Å². The van der Waals surface area contributed by atoms with Crippen LogP contribution in [0.4, 0.5) is 0 Å². The average molecular weight is 218 g/mol. The van der Waals surface area contributed by atoms with Crippen LogP contribution in [0.2, 0.25) is 44.4 Å². The van der Waals surface area contributed by atoms with E-state index in [0.717, 1.165) is 0 Å². The van der Waals surface area contributed by atoms with Crippen LogP contribution in [-0.4, -0.2) is 27.2 Å². The van der Waals surface area contributed by atoms with E-state index in [4.69, 9.17) is 5.11 Å². The predicted octanol–water partition coefficient (Wildman–Crippen LogP) is 3.05. The van der Waals surface area contributed by atoms with Gasteiger partial charge in [-0.15, -0.1) is 0 Å². The van der Waals surface area contributed by atoms with Crippen molar-refractivity contribution in [2.75, 3.05) is 0 Å². The van der Waals surface area contributed by atoms with Crippen LogP contribution in [0.25, 0.3) is 0 Å². The van der Waals surface area contributed by atoms with E-state index in [-0.39, 0.29) is 0 Å². The number of aliphatic carboxylic acids is 1. The van der Waals surface area contributed by atoms with Crippen molar-refractivity contribution in [1.29, 1.82) is 0 Å². The second-order valence-electron chi connectivity index (χ2n) is 5.88. The summed E-state index contributed by atoms with van der Waals surface area (Å²) in [4.78, 5) is 10.7. The third kappa shape index (κ3) is 4.62. The zero-order chi connectivity index (χ0) is 10.9. The summed E-state index contributed by atoms with van der Waals surface area (Å²) in [5, 5.41) is 9.34. The molecule has 0 saturated heterocycles. The number of rotatable bonds is 4. The average Bonchev–Trinajstić information content (AvgIpc) is 1.77. The van der Waals surface area contributed by atoms with Crippen molar-refractivity contribution >= 4 is 22.1 Å². The SMILES string of the molecule is C[Si](C)(C)C(CC(=O)O)[Si](C)(C)C. The fourth-order valence-corrected chi connectivity index (χ4v) is 14.1. The molecule has 0 aromatic carbocycles. The Kier molecular flexibility index (Phi) is 3.93. The Morgan fingerprint density at radius 3 is 1.46 bits per heavy atom. The van der Waals surface area contributed by atoms with Gasteiger partial charge in [-0.25, -0.2) is 0 Å². The molecule has 0 aromatic heterocycles. The highest BCUT2D eigenvalue weighted by Crippen LogP contribution is 2.34. The molecule has 78 valence electrons. The summed E-state index contributed by atoms with van der Waals surface area (Å²) >= 11 is 0. The molecule has 0 aromatic rings. The Labute approximate surface area is 83.4 Å². The highest BCUT2D eigenvalue weighted by molar-refractivity contribution is 6.96. The van der Waals surface area contributed by atoms with Crippen LogP contribution in [0.3, 0.4) is 0 Å². The van der Waals surface area contributed by atoms with Crippen LogP contribution in [0.1, 0.15) is 6.42 Å². The number of carboxylic acid groups (broad SMARTS) is 1. The van der Waals surface area contributed by atoms with Gasteiger partial charge in [0.05, 0.1) is 0 Å². The van der Waals surface area contributed by atoms with Crippen molar-refractivity contribution in [3.8, 4) is 0 Å². The van der Waals surface area contributed by atoms with Crippen molar-refractivity contribution < 1.29 is 9.90 Å². The molecule has 1 N–H and O–H groups in total. The maximum Gasteiger partial charge on any atom is 0.303 e. The van der Waals surface area contributed by atoms with Gasteiger partial charge in [-0.05, 0) is 5.16 Å². The van der Waals surface area contributed by atoms with E-state index in [1.807, 2.05) is 0 Å². The molecule has 0 spiro atoms. The van der Waals surface area contributed by atoms with Crippen molar-refractivity contribution in [3.05, 3.63) is 0 Å². The highest BCUT2D eigenvalue weighted by atomic mass is 28.4. The van der Waals surface area contributed by atoms with Gasteiger partial charge in [-0.2, -0.15) is 0 Å². The topological polar surface area (TPSA) is 37.3 Å². The van der Waals surface area contributed by atoms with Crippen LogP contribution in [0.5, 0.6) is 0 Å². The molecule has 0 atom stereocenters. The molecule has 0 heterocycles. The number of hydrogen-bond donors (Lipinski definition) is 1. The summed E-state index contributed by atoms with van der Waals surface area (Å²) in [5.41, 5.74) is 0. The highest BCUT2D eigenvalue weighted by Gasteiger charge is 2.38. The van der Waals surface area contributed by atoms with E-state index >= 15 is 0 Å². The lowest BCUT2D eigenvalue weighted by molar-refractivity contribution is -0.136. The maximum absolute atomic E-state index is 10.7. The molecular formula is C9H22O2Si2. The van der Waals surface area contributed by atoms with Gasteiger partial charge in [0, 0.05) is 22.6 Å². The summed E-state index contributed by atoms with van der Waals surface area (Å²) in [7, 11) is -2.61. The fourth-order valence-electron chi connectivity index (χ4n) is 2.09. The zero-order valence-corrected chi connectivity index (χ0v) is 11.6. The fraction of sp³-hybridized carbons (Fsp3) is 0.889. The minimum atomic E-state index is -1.30. The van der Waals surface area contributed by atoms with E-state index in [0.29, 0.717) is 11.6 Å². The van der Waals surface area contributed by atoms with Gasteiger partial charge < -0.3 is 5.11 Å². The number of carboxylic acids is 1. The van der Waals surface area contributed by atoms with Gasteiger partial charge in [0.15, 0.2) is 0 Å². The van der Waals surface area contributed by atoms with Gasteiger partial charge in [-0.1, -0.05) is 39.3 Å². The molecule has 0 aliphatic heterocycles. The van der Waals surface area contributed by atoms with Gasteiger partial charge >= 0.3 is 5.97 Å². The summed E-state index contributed by atoms with van der Waals surface area (Å²) in [6, 6.07) is 0. The lowest BCUT2D eigenvalue weighted by atomic mass is 10.5. The minimum Gasteiger partial charge on any atom is -0.481 e. The summed E-state index contributed by atoms with van der Waals surface area (Å²) in [6.45, 7) is 13.7. The lowest BCUT2D eigenvalue weighted by Crippen LogP contribution is -2.44. The molecule has 0 unspecified atom stereocenters. The second-order valence-corrected chi connectivity index (χ2v) is 17.3. The molecule has 0 bridgehead atoms. The molecule has 0 radical (unpaired) electrons. The zero-order valence-electron chi connectivity index (χ0n) is 9.64. The normalized spacial score (nSPS) is 13.5.